The van der Waals surface area contributed by atoms with Crippen molar-refractivity contribution in [1.82, 2.24) is 0 Å². The minimum atomic E-state index is -0.397. The summed E-state index contributed by atoms with van der Waals surface area (Å²) in [5, 5.41) is 0. The fraction of sp³-hybridized carbons (Fsp3) is 0.0667. The van der Waals surface area contributed by atoms with Gasteiger partial charge in [0.2, 0.25) is 0 Å². The summed E-state index contributed by atoms with van der Waals surface area (Å²) in [6.07, 6.45) is 5.19. The van der Waals surface area contributed by atoms with Gasteiger partial charge in [-0.2, -0.15) is 0 Å². The maximum absolute atomic E-state index is 11.7. The van der Waals surface area contributed by atoms with Crippen LogP contribution in [0.3, 0.4) is 0 Å². The van der Waals surface area contributed by atoms with E-state index in [0.29, 0.717) is 17.7 Å². The van der Waals surface area contributed by atoms with Gasteiger partial charge in [0.25, 0.3) is 17.7 Å². The van der Waals surface area contributed by atoms with Crippen LogP contribution in [0.25, 0.3) is 0 Å². The maximum atomic E-state index is 11.7. The van der Waals surface area contributed by atoms with Crippen LogP contribution in [0.4, 0.5) is 11.4 Å². The van der Waals surface area contributed by atoms with Gasteiger partial charge in [-0.1, -0.05) is 0 Å². The Labute approximate surface area is 120 Å². The number of anilines is 2. The summed E-state index contributed by atoms with van der Waals surface area (Å²) in [5.41, 5.74) is 1.01. The highest BCUT2D eigenvalue weighted by Crippen LogP contribution is 2.22. The first-order valence-electron chi connectivity index (χ1n) is 6.10. The standard InChI is InChI=1S/C15H12N2O4/c1-16(13(19)3-2-10-18)11-4-6-12(7-5-11)17-14(20)8-9-15(17)21/h2-10H,1H3/b3-2-. The van der Waals surface area contributed by atoms with E-state index in [1.807, 2.05) is 0 Å². The van der Waals surface area contributed by atoms with Crippen molar-refractivity contribution in [2.75, 3.05) is 16.8 Å². The van der Waals surface area contributed by atoms with Crippen LogP contribution in [0.2, 0.25) is 0 Å². The highest BCUT2D eigenvalue weighted by molar-refractivity contribution is 6.28. The molecule has 21 heavy (non-hydrogen) atoms. The second-order valence-corrected chi connectivity index (χ2v) is 4.25. The first-order chi connectivity index (χ1) is 10.0. The van der Waals surface area contributed by atoms with Crippen LogP contribution in [0.15, 0.2) is 48.6 Å². The lowest BCUT2D eigenvalue weighted by Crippen LogP contribution is -2.29. The molecule has 0 fully saturated rings. The molecule has 1 aromatic rings. The number of hydrogen-bond donors (Lipinski definition) is 0. The lowest BCUT2D eigenvalue weighted by molar-refractivity contribution is -0.120. The number of likely N-dealkylation sites (N-methyl/N-ethyl adjacent to an activating group) is 1. The summed E-state index contributed by atoms with van der Waals surface area (Å²) in [4.78, 5) is 47.4. The fourth-order valence-corrected chi connectivity index (χ4v) is 1.84. The molecule has 0 saturated carbocycles. The van der Waals surface area contributed by atoms with Crippen molar-refractivity contribution in [2.24, 2.45) is 0 Å². The molecule has 0 unspecified atom stereocenters. The average Bonchev–Trinajstić information content (AvgIpc) is 2.83. The number of amides is 3. The molecular weight excluding hydrogens is 272 g/mol. The average molecular weight is 284 g/mol. The number of nitrogens with zero attached hydrogens (tertiary/aromatic N) is 2. The number of allylic oxidation sites excluding steroid dienone is 1. The molecule has 1 heterocycles. The lowest BCUT2D eigenvalue weighted by Gasteiger charge is -2.18. The van der Waals surface area contributed by atoms with Crippen LogP contribution < -0.4 is 9.80 Å². The maximum Gasteiger partial charge on any atom is 0.258 e. The van der Waals surface area contributed by atoms with Gasteiger partial charge in [-0.15, -0.1) is 0 Å². The molecule has 0 aromatic heterocycles. The molecule has 0 saturated heterocycles. The molecule has 3 amide bonds. The Bertz CT molecular complexity index is 641. The van der Waals surface area contributed by atoms with Crippen LogP contribution in [-0.2, 0) is 19.2 Å². The van der Waals surface area contributed by atoms with Gasteiger partial charge < -0.3 is 4.90 Å². The predicted molar refractivity (Wildman–Crippen MR) is 76.7 cm³/mol. The van der Waals surface area contributed by atoms with Crippen LogP contribution in [0, 0.1) is 0 Å². The van der Waals surface area contributed by atoms with E-state index >= 15 is 0 Å². The Balaban J connectivity index is 2.17. The summed E-state index contributed by atoms with van der Waals surface area (Å²) in [6, 6.07) is 6.37. The van der Waals surface area contributed by atoms with Crippen LogP contribution in [-0.4, -0.2) is 31.1 Å². The van der Waals surface area contributed by atoms with E-state index in [0.717, 1.165) is 17.1 Å². The van der Waals surface area contributed by atoms with E-state index < -0.39 is 11.8 Å². The Kier molecular flexibility index (Phi) is 4.08. The zero-order valence-corrected chi connectivity index (χ0v) is 11.2. The molecule has 0 aliphatic carbocycles. The van der Waals surface area contributed by atoms with E-state index in [1.165, 1.54) is 17.1 Å². The monoisotopic (exact) mass is 284 g/mol. The quantitative estimate of drug-likeness (QED) is 0.466. The summed E-state index contributed by atoms with van der Waals surface area (Å²) in [6.45, 7) is 0. The van der Waals surface area contributed by atoms with Crippen LogP contribution >= 0.6 is 0 Å². The van der Waals surface area contributed by atoms with E-state index in [1.54, 1.807) is 31.3 Å². The number of carbonyl (C=O) groups excluding carboxylic acids is 4. The molecule has 2 rings (SSSR count). The third-order valence-corrected chi connectivity index (χ3v) is 2.95. The fourth-order valence-electron chi connectivity index (χ4n) is 1.84. The van der Waals surface area contributed by atoms with Gasteiger partial charge in [-0.25, -0.2) is 4.90 Å². The lowest BCUT2D eigenvalue weighted by atomic mass is 10.2. The Morgan fingerprint density at radius 2 is 1.67 bits per heavy atom. The normalized spacial score (nSPS) is 14.0. The van der Waals surface area contributed by atoms with Crippen LogP contribution in [0.1, 0.15) is 0 Å². The van der Waals surface area contributed by atoms with E-state index in [9.17, 15) is 19.2 Å². The molecule has 1 aliphatic heterocycles. The Morgan fingerprint density at radius 3 is 2.19 bits per heavy atom. The minimum Gasteiger partial charge on any atom is -0.312 e. The van der Waals surface area contributed by atoms with Gasteiger partial charge in [0, 0.05) is 31.0 Å². The van der Waals surface area contributed by atoms with E-state index in [-0.39, 0.29) is 5.91 Å². The molecule has 1 aromatic carbocycles. The first-order valence-corrected chi connectivity index (χ1v) is 6.10. The van der Waals surface area contributed by atoms with Gasteiger partial charge in [0.05, 0.1) is 5.69 Å². The zero-order valence-electron chi connectivity index (χ0n) is 11.2. The van der Waals surface area contributed by atoms with Gasteiger partial charge in [0.15, 0.2) is 0 Å². The summed E-state index contributed by atoms with van der Waals surface area (Å²) >= 11 is 0. The second-order valence-electron chi connectivity index (χ2n) is 4.25. The molecule has 0 atom stereocenters. The first kappa shape index (κ1) is 14.4. The molecule has 106 valence electrons. The Hall–Kier alpha value is -3.02. The number of carbonyl (C=O) groups is 4. The number of benzene rings is 1. The van der Waals surface area contributed by atoms with Crippen molar-refractivity contribution in [1.29, 1.82) is 0 Å². The number of aldehydes is 1. The SMILES string of the molecule is CN(C(=O)/C=C\C=O)c1ccc(N2C(=O)C=CC2=O)cc1. The molecule has 0 bridgehead atoms. The van der Waals surface area contributed by atoms with Gasteiger partial charge in [-0.3, -0.25) is 19.2 Å². The molecule has 6 nitrogen and oxygen atoms in total. The van der Waals surface area contributed by atoms with Crippen molar-refractivity contribution in [3.63, 3.8) is 0 Å². The van der Waals surface area contributed by atoms with Gasteiger partial charge >= 0.3 is 0 Å². The molecule has 6 heteroatoms. The molecular formula is C15H12N2O4. The third-order valence-electron chi connectivity index (χ3n) is 2.95. The zero-order chi connectivity index (χ0) is 15.4. The molecule has 0 N–H and O–H groups in total. The molecule has 0 spiro atoms. The highest BCUT2D eigenvalue weighted by atomic mass is 16.2. The third kappa shape index (κ3) is 2.94. The largest absolute Gasteiger partial charge is 0.312 e. The number of hydrogen-bond acceptors (Lipinski definition) is 4. The summed E-state index contributed by atoms with van der Waals surface area (Å²) < 4.78 is 0. The summed E-state index contributed by atoms with van der Waals surface area (Å²) in [7, 11) is 1.56. The summed E-state index contributed by atoms with van der Waals surface area (Å²) in [5.74, 6) is -1.15. The number of imide groups is 1. The van der Waals surface area contributed by atoms with Crippen molar-refractivity contribution < 1.29 is 19.2 Å². The number of rotatable bonds is 4. The Morgan fingerprint density at radius 1 is 1.10 bits per heavy atom. The molecule has 0 radical (unpaired) electrons. The van der Waals surface area contributed by atoms with Crippen molar-refractivity contribution >= 4 is 35.4 Å². The predicted octanol–water partition coefficient (Wildman–Crippen LogP) is 0.834. The minimum absolute atomic E-state index is 0.357. The van der Waals surface area contributed by atoms with E-state index in [4.69, 9.17) is 0 Å². The van der Waals surface area contributed by atoms with Crippen LogP contribution in [0.5, 0.6) is 0 Å². The van der Waals surface area contributed by atoms with Crippen molar-refractivity contribution in [3.05, 3.63) is 48.6 Å². The van der Waals surface area contributed by atoms with Crippen molar-refractivity contribution in [3.8, 4) is 0 Å². The second kappa shape index (κ2) is 5.96. The molecule has 1 aliphatic rings. The van der Waals surface area contributed by atoms with E-state index in [2.05, 4.69) is 0 Å². The van der Waals surface area contributed by atoms with Gasteiger partial charge in [0.1, 0.15) is 6.29 Å². The topological polar surface area (TPSA) is 74.8 Å². The van der Waals surface area contributed by atoms with Crippen molar-refractivity contribution in [2.45, 2.75) is 0 Å². The highest BCUT2D eigenvalue weighted by Gasteiger charge is 2.25. The van der Waals surface area contributed by atoms with Gasteiger partial charge in [-0.05, 0) is 30.3 Å². The smallest absolute Gasteiger partial charge is 0.258 e.